The number of aromatic amines is 1. The number of para-hydroxylation sites is 2. The fourth-order valence-electron chi connectivity index (χ4n) is 6.07. The monoisotopic (exact) mass is 495 g/mol. The fourth-order valence-corrected chi connectivity index (χ4v) is 6.07. The average molecular weight is 496 g/mol. The van der Waals surface area contributed by atoms with Crippen molar-refractivity contribution in [1.82, 2.24) is 14.8 Å². The first-order valence-corrected chi connectivity index (χ1v) is 12.4. The summed E-state index contributed by atoms with van der Waals surface area (Å²) in [4.78, 5) is 34.9. The Balaban J connectivity index is 1.54. The van der Waals surface area contributed by atoms with Crippen LogP contribution in [0.5, 0.6) is 11.5 Å². The number of carbonyl (C=O) groups is 2. The Kier molecular flexibility index (Phi) is 5.44. The summed E-state index contributed by atoms with van der Waals surface area (Å²) in [6, 6.07) is 23.7. The van der Waals surface area contributed by atoms with Gasteiger partial charge in [-0.2, -0.15) is 0 Å². The van der Waals surface area contributed by atoms with Gasteiger partial charge in [-0.15, -0.1) is 0 Å². The van der Waals surface area contributed by atoms with E-state index >= 15 is 0 Å². The van der Waals surface area contributed by atoms with Crippen molar-refractivity contribution in [1.29, 1.82) is 0 Å². The lowest BCUT2D eigenvalue weighted by atomic mass is 9.76. The number of rotatable bonds is 5. The third-order valence-electron chi connectivity index (χ3n) is 7.84. The van der Waals surface area contributed by atoms with Crippen LogP contribution in [0.3, 0.4) is 0 Å². The zero-order valence-electron chi connectivity index (χ0n) is 21.2. The standard InChI is InChI=1S/C30H29N3O4/c1-30-28-26(21-12-7-8-14-23(21)31-28)22(20-13-9-15-24(36-2)27(20)37-3)17-33(30)25(34)18-32(29(30)35)16-19-10-5-4-6-11-19/h4-15,22,31H,16-18H2,1-3H3. The molecule has 3 aromatic carbocycles. The summed E-state index contributed by atoms with van der Waals surface area (Å²) in [5.74, 6) is 0.900. The zero-order chi connectivity index (χ0) is 25.7. The highest BCUT2D eigenvalue weighted by Crippen LogP contribution is 2.50. The first kappa shape index (κ1) is 23.2. The molecule has 0 radical (unpaired) electrons. The number of hydrogen-bond acceptors (Lipinski definition) is 4. The number of amides is 2. The second-order valence-corrected chi connectivity index (χ2v) is 9.82. The van der Waals surface area contributed by atoms with Gasteiger partial charge in [-0.05, 0) is 30.2 Å². The molecule has 3 heterocycles. The highest BCUT2D eigenvalue weighted by atomic mass is 16.5. The second-order valence-electron chi connectivity index (χ2n) is 9.82. The smallest absolute Gasteiger partial charge is 0.255 e. The molecular weight excluding hydrogens is 466 g/mol. The van der Waals surface area contributed by atoms with Crippen LogP contribution in [0, 0.1) is 0 Å². The van der Waals surface area contributed by atoms with Gasteiger partial charge in [0.2, 0.25) is 5.91 Å². The lowest BCUT2D eigenvalue weighted by Gasteiger charge is -2.51. The number of piperazine rings is 1. The molecule has 0 bridgehead atoms. The molecule has 0 saturated carbocycles. The van der Waals surface area contributed by atoms with Crippen molar-refractivity contribution in [2.24, 2.45) is 0 Å². The van der Waals surface area contributed by atoms with Crippen molar-refractivity contribution in [3.8, 4) is 11.5 Å². The topological polar surface area (TPSA) is 74.9 Å². The van der Waals surface area contributed by atoms with E-state index in [0.29, 0.717) is 24.6 Å². The Morgan fingerprint density at radius 3 is 2.46 bits per heavy atom. The molecule has 2 amide bonds. The highest BCUT2D eigenvalue weighted by Gasteiger charge is 2.56. The summed E-state index contributed by atoms with van der Waals surface area (Å²) >= 11 is 0. The van der Waals surface area contributed by atoms with E-state index in [1.165, 1.54) is 0 Å². The molecule has 1 fully saturated rings. The summed E-state index contributed by atoms with van der Waals surface area (Å²) < 4.78 is 11.4. The number of nitrogens with zero attached hydrogens (tertiary/aromatic N) is 2. The van der Waals surface area contributed by atoms with Crippen LogP contribution in [-0.2, 0) is 21.7 Å². The molecule has 1 N–H and O–H groups in total. The Bertz CT molecular complexity index is 1510. The SMILES string of the molecule is COc1cccc(C2CN3C(=O)CN(Cc4ccccc4)C(=O)C3(C)c3[nH]c4ccccc4c32)c1OC. The third-order valence-corrected chi connectivity index (χ3v) is 7.84. The van der Waals surface area contributed by atoms with Crippen LogP contribution in [0.15, 0.2) is 72.8 Å². The number of methoxy groups -OCH3 is 2. The fraction of sp³-hybridized carbons (Fsp3) is 0.267. The Morgan fingerprint density at radius 2 is 1.70 bits per heavy atom. The lowest BCUT2D eigenvalue weighted by molar-refractivity contribution is -0.166. The highest BCUT2D eigenvalue weighted by molar-refractivity contribution is 6.01. The average Bonchev–Trinajstić information content (AvgIpc) is 3.32. The van der Waals surface area contributed by atoms with E-state index in [2.05, 4.69) is 11.1 Å². The molecule has 7 nitrogen and oxygen atoms in total. The number of nitrogens with one attached hydrogen (secondary N) is 1. The van der Waals surface area contributed by atoms with Gasteiger partial charge < -0.3 is 24.3 Å². The summed E-state index contributed by atoms with van der Waals surface area (Å²) in [5.41, 5.74) is 3.47. The number of carbonyl (C=O) groups excluding carboxylic acids is 2. The van der Waals surface area contributed by atoms with Crippen molar-refractivity contribution in [2.75, 3.05) is 27.3 Å². The molecule has 2 unspecified atom stereocenters. The van der Waals surface area contributed by atoms with Crippen LogP contribution in [0.4, 0.5) is 0 Å². The van der Waals surface area contributed by atoms with Gasteiger partial charge in [-0.3, -0.25) is 9.59 Å². The molecule has 4 aromatic rings. The Hall–Kier alpha value is -4.26. The maximum Gasteiger partial charge on any atom is 0.255 e. The molecule has 2 atom stereocenters. The molecule has 188 valence electrons. The van der Waals surface area contributed by atoms with E-state index in [-0.39, 0.29) is 24.3 Å². The molecule has 0 spiro atoms. The Labute approximate surface area is 215 Å². The lowest BCUT2D eigenvalue weighted by Crippen LogP contribution is -2.67. The van der Waals surface area contributed by atoms with Gasteiger partial charge in [-0.1, -0.05) is 60.7 Å². The number of benzene rings is 3. The first-order valence-electron chi connectivity index (χ1n) is 12.4. The predicted octanol–water partition coefficient (Wildman–Crippen LogP) is 4.42. The minimum atomic E-state index is -1.15. The summed E-state index contributed by atoms with van der Waals surface area (Å²) in [7, 11) is 3.24. The van der Waals surface area contributed by atoms with Gasteiger partial charge in [-0.25, -0.2) is 0 Å². The van der Waals surface area contributed by atoms with Crippen LogP contribution < -0.4 is 9.47 Å². The Morgan fingerprint density at radius 1 is 0.946 bits per heavy atom. The molecule has 2 aliphatic heterocycles. The molecule has 37 heavy (non-hydrogen) atoms. The van der Waals surface area contributed by atoms with Crippen LogP contribution >= 0.6 is 0 Å². The number of H-pyrrole nitrogens is 1. The minimum absolute atomic E-state index is 0.0425. The summed E-state index contributed by atoms with van der Waals surface area (Å²) in [5, 5.41) is 1.04. The van der Waals surface area contributed by atoms with Gasteiger partial charge in [0.05, 0.1) is 19.9 Å². The van der Waals surface area contributed by atoms with Crippen LogP contribution in [-0.4, -0.2) is 53.9 Å². The van der Waals surface area contributed by atoms with Gasteiger partial charge in [0.1, 0.15) is 6.54 Å². The zero-order valence-corrected chi connectivity index (χ0v) is 21.2. The quantitative estimate of drug-likeness (QED) is 0.445. The molecule has 2 aliphatic rings. The van der Waals surface area contributed by atoms with E-state index in [0.717, 1.165) is 33.3 Å². The molecular formula is C30H29N3O4. The number of fused-ring (bicyclic) bond motifs is 5. The summed E-state index contributed by atoms with van der Waals surface area (Å²) in [6.07, 6.45) is 0. The minimum Gasteiger partial charge on any atom is -0.493 e. The summed E-state index contributed by atoms with van der Waals surface area (Å²) in [6.45, 7) is 2.66. The molecule has 7 heteroatoms. The van der Waals surface area contributed by atoms with Crippen molar-refractivity contribution < 1.29 is 19.1 Å². The van der Waals surface area contributed by atoms with E-state index in [4.69, 9.17) is 9.47 Å². The molecule has 1 saturated heterocycles. The molecule has 0 aliphatic carbocycles. The maximum atomic E-state index is 14.2. The normalized spacial score (nSPS) is 21.1. The maximum absolute atomic E-state index is 14.2. The van der Waals surface area contributed by atoms with Crippen molar-refractivity contribution >= 4 is 22.7 Å². The van der Waals surface area contributed by atoms with Gasteiger partial charge in [0.15, 0.2) is 17.0 Å². The van der Waals surface area contributed by atoms with Crippen molar-refractivity contribution in [2.45, 2.75) is 24.9 Å². The largest absolute Gasteiger partial charge is 0.493 e. The van der Waals surface area contributed by atoms with Crippen LogP contribution in [0.25, 0.3) is 10.9 Å². The first-order chi connectivity index (χ1) is 18.0. The van der Waals surface area contributed by atoms with E-state index in [1.54, 1.807) is 24.0 Å². The number of aromatic nitrogens is 1. The number of hydrogen-bond donors (Lipinski definition) is 1. The molecule has 1 aromatic heterocycles. The van der Waals surface area contributed by atoms with E-state index in [9.17, 15) is 9.59 Å². The molecule has 6 rings (SSSR count). The van der Waals surface area contributed by atoms with Gasteiger partial charge in [0, 0.05) is 35.5 Å². The predicted molar refractivity (Wildman–Crippen MR) is 141 cm³/mol. The second kappa shape index (κ2) is 8.69. The van der Waals surface area contributed by atoms with E-state index in [1.807, 2.05) is 73.7 Å². The van der Waals surface area contributed by atoms with Crippen molar-refractivity contribution in [3.05, 3.63) is 95.2 Å². The van der Waals surface area contributed by atoms with Crippen molar-refractivity contribution in [3.63, 3.8) is 0 Å². The van der Waals surface area contributed by atoms with Gasteiger partial charge in [0.25, 0.3) is 5.91 Å². The van der Waals surface area contributed by atoms with Crippen LogP contribution in [0.1, 0.15) is 35.2 Å². The third kappa shape index (κ3) is 3.41. The van der Waals surface area contributed by atoms with Gasteiger partial charge >= 0.3 is 0 Å². The number of ether oxygens (including phenoxy) is 2. The van der Waals surface area contributed by atoms with Crippen LogP contribution in [0.2, 0.25) is 0 Å². The van der Waals surface area contributed by atoms with E-state index < -0.39 is 5.54 Å².